The van der Waals surface area contributed by atoms with Gasteiger partial charge in [0.1, 0.15) is 0 Å². The molecule has 2 N–H and O–H groups in total. The average molecular weight is 267 g/mol. The fraction of sp³-hybridized carbons (Fsp3) is 1.00. The number of likely N-dealkylation sites (N-methyl/N-ethyl adjacent to an activating group) is 1. The minimum absolute atomic E-state index is 0.232. The predicted molar refractivity (Wildman–Crippen MR) is 82.3 cm³/mol. The standard InChI is InChI=1S/C16H33N3/c1-13(2)19-10-9-16(11-17,12-19)18(4)15-7-5-14(3)6-8-15/h13-15H,5-12,17H2,1-4H3. The molecule has 0 amide bonds. The van der Waals surface area contributed by atoms with Crippen molar-refractivity contribution in [1.82, 2.24) is 9.80 Å². The summed E-state index contributed by atoms with van der Waals surface area (Å²) in [5.74, 6) is 0.925. The third-order valence-corrected chi connectivity index (χ3v) is 5.75. The lowest BCUT2D eigenvalue weighted by molar-refractivity contribution is 0.0527. The van der Waals surface area contributed by atoms with Crippen LogP contribution in [-0.4, -0.2) is 54.1 Å². The normalized spacial score (nSPS) is 37.4. The molecule has 1 unspecified atom stereocenters. The smallest absolute Gasteiger partial charge is 0.0470 e. The molecule has 0 radical (unpaired) electrons. The molecular weight excluding hydrogens is 234 g/mol. The van der Waals surface area contributed by atoms with Crippen molar-refractivity contribution < 1.29 is 0 Å². The number of rotatable bonds is 4. The summed E-state index contributed by atoms with van der Waals surface area (Å²) in [6.07, 6.45) is 6.75. The molecule has 0 spiro atoms. The highest BCUT2D eigenvalue weighted by Crippen LogP contribution is 2.34. The molecule has 3 nitrogen and oxygen atoms in total. The molecule has 2 aliphatic rings. The van der Waals surface area contributed by atoms with E-state index in [2.05, 4.69) is 37.6 Å². The molecule has 2 rings (SSSR count). The Morgan fingerprint density at radius 3 is 2.37 bits per heavy atom. The number of nitrogens with zero attached hydrogens (tertiary/aromatic N) is 2. The van der Waals surface area contributed by atoms with Crippen molar-refractivity contribution in [2.45, 2.75) is 70.5 Å². The summed E-state index contributed by atoms with van der Waals surface area (Å²) in [6.45, 7) is 10.2. The van der Waals surface area contributed by atoms with Crippen LogP contribution in [0.2, 0.25) is 0 Å². The van der Waals surface area contributed by atoms with Gasteiger partial charge in [0, 0.05) is 37.3 Å². The summed E-state index contributed by atoms with van der Waals surface area (Å²) < 4.78 is 0. The molecule has 1 saturated heterocycles. The van der Waals surface area contributed by atoms with Crippen LogP contribution in [0.5, 0.6) is 0 Å². The average Bonchev–Trinajstić information content (AvgIpc) is 2.85. The van der Waals surface area contributed by atoms with Crippen molar-refractivity contribution >= 4 is 0 Å². The van der Waals surface area contributed by atoms with Crippen molar-refractivity contribution in [1.29, 1.82) is 0 Å². The summed E-state index contributed by atoms with van der Waals surface area (Å²) in [5.41, 5.74) is 6.43. The molecule has 1 saturated carbocycles. The van der Waals surface area contributed by atoms with E-state index < -0.39 is 0 Å². The van der Waals surface area contributed by atoms with Crippen LogP contribution in [0.3, 0.4) is 0 Å². The minimum Gasteiger partial charge on any atom is -0.329 e. The highest BCUT2D eigenvalue weighted by atomic mass is 15.3. The number of hydrogen-bond donors (Lipinski definition) is 1. The topological polar surface area (TPSA) is 32.5 Å². The molecule has 0 aromatic rings. The third-order valence-electron chi connectivity index (χ3n) is 5.75. The van der Waals surface area contributed by atoms with E-state index in [0.717, 1.165) is 25.0 Å². The quantitative estimate of drug-likeness (QED) is 0.848. The van der Waals surface area contributed by atoms with Gasteiger partial charge < -0.3 is 5.73 Å². The highest BCUT2D eigenvalue weighted by molar-refractivity contribution is 5.02. The molecule has 112 valence electrons. The molecule has 3 heteroatoms. The summed E-state index contributed by atoms with van der Waals surface area (Å²) in [4.78, 5) is 5.25. The molecule has 1 aliphatic carbocycles. The number of hydrogen-bond acceptors (Lipinski definition) is 3. The van der Waals surface area contributed by atoms with Crippen molar-refractivity contribution in [3.05, 3.63) is 0 Å². The van der Waals surface area contributed by atoms with Gasteiger partial charge in [-0.3, -0.25) is 9.80 Å². The van der Waals surface area contributed by atoms with Crippen LogP contribution in [0.4, 0.5) is 0 Å². The maximum atomic E-state index is 6.20. The summed E-state index contributed by atoms with van der Waals surface area (Å²) >= 11 is 0. The van der Waals surface area contributed by atoms with Crippen LogP contribution in [0.25, 0.3) is 0 Å². The van der Waals surface area contributed by atoms with E-state index in [9.17, 15) is 0 Å². The first-order chi connectivity index (χ1) is 8.98. The Morgan fingerprint density at radius 2 is 1.89 bits per heavy atom. The lowest BCUT2D eigenvalue weighted by atomic mass is 9.84. The van der Waals surface area contributed by atoms with Gasteiger partial charge in [-0.25, -0.2) is 0 Å². The Balaban J connectivity index is 2.01. The van der Waals surface area contributed by atoms with Gasteiger partial charge >= 0.3 is 0 Å². The third kappa shape index (κ3) is 3.14. The predicted octanol–water partition coefficient (Wildman–Crippen LogP) is 2.31. The zero-order chi connectivity index (χ0) is 14.0. The van der Waals surface area contributed by atoms with Crippen LogP contribution in [0.15, 0.2) is 0 Å². The van der Waals surface area contributed by atoms with Crippen molar-refractivity contribution in [3.8, 4) is 0 Å². The Labute approximate surface area is 119 Å². The molecule has 1 heterocycles. The molecule has 0 bridgehead atoms. The van der Waals surface area contributed by atoms with Crippen LogP contribution in [0.1, 0.15) is 52.9 Å². The molecule has 1 aliphatic heterocycles. The van der Waals surface area contributed by atoms with Gasteiger partial charge in [0.2, 0.25) is 0 Å². The van der Waals surface area contributed by atoms with Gasteiger partial charge in [0.05, 0.1) is 0 Å². The lowest BCUT2D eigenvalue weighted by Gasteiger charge is -2.45. The Hall–Kier alpha value is -0.120. The van der Waals surface area contributed by atoms with Crippen molar-refractivity contribution in [2.75, 3.05) is 26.7 Å². The van der Waals surface area contributed by atoms with E-state index in [4.69, 9.17) is 5.73 Å². The zero-order valence-corrected chi connectivity index (χ0v) is 13.4. The van der Waals surface area contributed by atoms with E-state index in [0.29, 0.717) is 6.04 Å². The van der Waals surface area contributed by atoms with Crippen LogP contribution in [-0.2, 0) is 0 Å². The summed E-state index contributed by atoms with van der Waals surface area (Å²) in [5, 5.41) is 0. The first kappa shape index (κ1) is 15.3. The van der Waals surface area contributed by atoms with Crippen LogP contribution in [0, 0.1) is 5.92 Å². The lowest BCUT2D eigenvalue weighted by Crippen LogP contribution is -2.58. The minimum atomic E-state index is 0.232. The first-order valence-electron chi connectivity index (χ1n) is 8.15. The fourth-order valence-corrected chi connectivity index (χ4v) is 3.94. The Morgan fingerprint density at radius 1 is 1.26 bits per heavy atom. The van der Waals surface area contributed by atoms with Gasteiger partial charge in [-0.05, 0) is 58.9 Å². The fourth-order valence-electron chi connectivity index (χ4n) is 3.94. The Kier molecular flexibility index (Phi) is 4.91. The maximum Gasteiger partial charge on any atom is 0.0470 e. The van der Waals surface area contributed by atoms with E-state index >= 15 is 0 Å². The SMILES string of the molecule is CC1CCC(N(C)C2(CN)CCN(C(C)C)C2)CC1. The second kappa shape index (κ2) is 6.11. The van der Waals surface area contributed by atoms with Gasteiger partial charge in [-0.1, -0.05) is 6.92 Å². The molecule has 2 fully saturated rings. The highest BCUT2D eigenvalue weighted by Gasteiger charge is 2.43. The number of nitrogens with two attached hydrogens (primary N) is 1. The zero-order valence-electron chi connectivity index (χ0n) is 13.4. The van der Waals surface area contributed by atoms with Gasteiger partial charge in [0.25, 0.3) is 0 Å². The van der Waals surface area contributed by atoms with Crippen LogP contribution >= 0.6 is 0 Å². The number of likely N-dealkylation sites (tertiary alicyclic amines) is 1. The van der Waals surface area contributed by atoms with Crippen molar-refractivity contribution in [3.63, 3.8) is 0 Å². The van der Waals surface area contributed by atoms with Crippen molar-refractivity contribution in [2.24, 2.45) is 11.7 Å². The second-order valence-corrected chi connectivity index (χ2v) is 7.27. The molecule has 0 aromatic heterocycles. The van der Waals surface area contributed by atoms with Gasteiger partial charge in [-0.15, -0.1) is 0 Å². The molecule has 19 heavy (non-hydrogen) atoms. The second-order valence-electron chi connectivity index (χ2n) is 7.27. The van der Waals surface area contributed by atoms with E-state index in [-0.39, 0.29) is 5.54 Å². The van der Waals surface area contributed by atoms with E-state index in [1.165, 1.54) is 38.6 Å². The van der Waals surface area contributed by atoms with E-state index in [1.54, 1.807) is 0 Å². The summed E-state index contributed by atoms with van der Waals surface area (Å²) in [7, 11) is 2.33. The van der Waals surface area contributed by atoms with Crippen LogP contribution < -0.4 is 5.73 Å². The monoisotopic (exact) mass is 267 g/mol. The largest absolute Gasteiger partial charge is 0.329 e. The molecule has 0 aromatic carbocycles. The Bertz CT molecular complexity index is 284. The molecular formula is C16H33N3. The summed E-state index contributed by atoms with van der Waals surface area (Å²) in [6, 6.07) is 1.40. The molecule has 1 atom stereocenters. The first-order valence-corrected chi connectivity index (χ1v) is 8.15. The maximum absolute atomic E-state index is 6.20. The van der Waals surface area contributed by atoms with E-state index in [1.807, 2.05) is 0 Å². The van der Waals surface area contributed by atoms with Gasteiger partial charge in [0.15, 0.2) is 0 Å². The van der Waals surface area contributed by atoms with Gasteiger partial charge in [-0.2, -0.15) is 0 Å².